The summed E-state index contributed by atoms with van der Waals surface area (Å²) in [5, 5.41) is 15.1. The molecule has 0 fully saturated rings. The Balaban J connectivity index is 2.31. The first kappa shape index (κ1) is 11.6. The fraction of sp³-hybridized carbons (Fsp3) is 0.100. The second-order valence-electron chi connectivity index (χ2n) is 3.40. The molecule has 0 aliphatic carbocycles. The van der Waals surface area contributed by atoms with Gasteiger partial charge in [-0.05, 0) is 17.7 Å². The molecule has 0 atom stereocenters. The third-order valence-corrected chi connectivity index (χ3v) is 3.52. The quantitative estimate of drug-likeness (QED) is 0.747. The average Bonchev–Trinajstić information content (AvgIpc) is 2.81. The van der Waals surface area contributed by atoms with Gasteiger partial charge in [-0.15, -0.1) is 0 Å². The van der Waals surface area contributed by atoms with E-state index in [1.165, 1.54) is 24.5 Å². The Bertz CT molecular complexity index is 593. The van der Waals surface area contributed by atoms with E-state index < -0.39 is 10.0 Å². The molecular formula is C10H11N3O3S. The lowest BCUT2D eigenvalue weighted by Crippen LogP contribution is -2.12. The number of nitrogens with zero attached hydrogens (tertiary/aromatic N) is 1. The number of aliphatic hydroxyl groups is 1. The molecule has 0 aliphatic heterocycles. The smallest absolute Gasteiger partial charge is 0.262 e. The maximum atomic E-state index is 11.9. The number of aromatic amines is 1. The number of H-pyrrole nitrogens is 1. The van der Waals surface area contributed by atoms with Gasteiger partial charge in [0, 0.05) is 6.20 Å². The van der Waals surface area contributed by atoms with E-state index in [1.807, 2.05) is 0 Å². The van der Waals surface area contributed by atoms with Crippen molar-refractivity contribution >= 4 is 15.7 Å². The molecule has 0 radical (unpaired) electrons. The van der Waals surface area contributed by atoms with E-state index in [-0.39, 0.29) is 11.5 Å². The fourth-order valence-corrected chi connectivity index (χ4v) is 2.44. The monoisotopic (exact) mass is 253 g/mol. The minimum absolute atomic E-state index is 0.102. The molecule has 0 saturated heterocycles. The molecule has 7 heteroatoms. The number of nitrogens with one attached hydrogen (secondary N) is 2. The molecule has 3 N–H and O–H groups in total. The van der Waals surface area contributed by atoms with Crippen LogP contribution in [0.5, 0.6) is 0 Å². The van der Waals surface area contributed by atoms with E-state index in [0.29, 0.717) is 11.3 Å². The molecule has 0 saturated carbocycles. The molecule has 2 rings (SSSR count). The van der Waals surface area contributed by atoms with E-state index >= 15 is 0 Å². The maximum Gasteiger partial charge on any atom is 0.262 e. The summed E-state index contributed by atoms with van der Waals surface area (Å²) in [6, 6.07) is 6.11. The Morgan fingerprint density at radius 1 is 1.41 bits per heavy atom. The number of aromatic nitrogens is 2. The van der Waals surface area contributed by atoms with Crippen LogP contribution in [-0.4, -0.2) is 23.7 Å². The summed E-state index contributed by atoms with van der Waals surface area (Å²) in [4.78, 5) is 0.102. The van der Waals surface area contributed by atoms with Gasteiger partial charge in [0.25, 0.3) is 10.0 Å². The summed E-state index contributed by atoms with van der Waals surface area (Å²) in [5.74, 6) is 0. The summed E-state index contributed by atoms with van der Waals surface area (Å²) in [5.41, 5.74) is 0.902. The second-order valence-corrected chi connectivity index (χ2v) is 5.08. The number of benzene rings is 1. The van der Waals surface area contributed by atoms with Crippen molar-refractivity contribution in [3.63, 3.8) is 0 Å². The Hall–Kier alpha value is -1.86. The van der Waals surface area contributed by atoms with Crippen LogP contribution in [0.4, 0.5) is 5.69 Å². The van der Waals surface area contributed by atoms with Crippen molar-refractivity contribution in [3.05, 3.63) is 42.2 Å². The Morgan fingerprint density at radius 3 is 2.88 bits per heavy atom. The van der Waals surface area contributed by atoms with Gasteiger partial charge in [-0.1, -0.05) is 12.1 Å². The third-order valence-electron chi connectivity index (χ3n) is 2.14. The van der Waals surface area contributed by atoms with Crippen LogP contribution >= 0.6 is 0 Å². The molecule has 1 aromatic carbocycles. The van der Waals surface area contributed by atoms with Gasteiger partial charge in [-0.3, -0.25) is 9.82 Å². The van der Waals surface area contributed by atoms with Gasteiger partial charge in [0.2, 0.25) is 0 Å². The summed E-state index contributed by atoms with van der Waals surface area (Å²) >= 11 is 0. The maximum absolute atomic E-state index is 11.9. The second kappa shape index (κ2) is 4.56. The predicted octanol–water partition coefficient (Wildman–Crippen LogP) is 0.703. The normalized spacial score (nSPS) is 11.4. The zero-order valence-corrected chi connectivity index (χ0v) is 9.61. The number of rotatable bonds is 4. The molecule has 0 amide bonds. The van der Waals surface area contributed by atoms with Crippen LogP contribution in [0.1, 0.15) is 5.56 Å². The first-order valence-electron chi connectivity index (χ1n) is 4.83. The summed E-state index contributed by atoms with van der Waals surface area (Å²) in [6.07, 6.45) is 2.81. The van der Waals surface area contributed by atoms with Crippen molar-refractivity contribution < 1.29 is 13.5 Å². The molecule has 90 valence electrons. The summed E-state index contributed by atoms with van der Waals surface area (Å²) in [6.45, 7) is -0.199. The van der Waals surface area contributed by atoms with Crippen molar-refractivity contribution in [1.82, 2.24) is 10.2 Å². The molecular weight excluding hydrogens is 242 g/mol. The van der Waals surface area contributed by atoms with Crippen LogP contribution in [0.25, 0.3) is 0 Å². The van der Waals surface area contributed by atoms with Crippen LogP contribution in [0, 0.1) is 0 Å². The van der Waals surface area contributed by atoms with Gasteiger partial charge >= 0.3 is 0 Å². The molecule has 1 aromatic heterocycles. The van der Waals surface area contributed by atoms with Crippen molar-refractivity contribution in [3.8, 4) is 0 Å². The lowest BCUT2D eigenvalue weighted by Gasteiger charge is -2.06. The topological polar surface area (TPSA) is 95.1 Å². The standard InChI is InChI=1S/C10H11N3O3S/c14-7-8-2-1-3-10(4-8)17(15,16)13-9-5-11-12-6-9/h1-6,13-14H,7H2,(H,11,12). The van der Waals surface area contributed by atoms with Crippen LogP contribution in [-0.2, 0) is 16.6 Å². The minimum atomic E-state index is -3.64. The van der Waals surface area contributed by atoms with Gasteiger partial charge in [0.05, 0.1) is 23.4 Å². The van der Waals surface area contributed by atoms with E-state index in [1.54, 1.807) is 12.1 Å². The fourth-order valence-electron chi connectivity index (χ4n) is 1.33. The highest BCUT2D eigenvalue weighted by atomic mass is 32.2. The highest BCUT2D eigenvalue weighted by molar-refractivity contribution is 7.92. The summed E-state index contributed by atoms with van der Waals surface area (Å²) < 4.78 is 26.2. The van der Waals surface area contributed by atoms with Crippen LogP contribution in [0.3, 0.4) is 0 Å². The first-order chi connectivity index (χ1) is 8.12. The number of hydrogen-bond acceptors (Lipinski definition) is 4. The molecule has 2 aromatic rings. The number of sulfonamides is 1. The molecule has 1 heterocycles. The minimum Gasteiger partial charge on any atom is -0.392 e. The van der Waals surface area contributed by atoms with Gasteiger partial charge in [0.1, 0.15) is 0 Å². The molecule has 17 heavy (non-hydrogen) atoms. The molecule has 6 nitrogen and oxygen atoms in total. The largest absolute Gasteiger partial charge is 0.392 e. The number of anilines is 1. The van der Waals surface area contributed by atoms with Gasteiger partial charge in [-0.2, -0.15) is 5.10 Å². The molecule has 0 unspecified atom stereocenters. The van der Waals surface area contributed by atoms with E-state index in [9.17, 15) is 8.42 Å². The zero-order chi connectivity index (χ0) is 12.3. The van der Waals surface area contributed by atoms with Gasteiger partial charge in [0.15, 0.2) is 0 Å². The number of aliphatic hydroxyl groups excluding tert-OH is 1. The Morgan fingerprint density at radius 2 is 2.24 bits per heavy atom. The Labute approximate surface area is 98.4 Å². The van der Waals surface area contributed by atoms with E-state index in [2.05, 4.69) is 14.9 Å². The third kappa shape index (κ3) is 2.63. The summed E-state index contributed by atoms with van der Waals surface area (Å²) in [7, 11) is -3.64. The highest BCUT2D eigenvalue weighted by Gasteiger charge is 2.14. The van der Waals surface area contributed by atoms with E-state index in [0.717, 1.165) is 0 Å². The van der Waals surface area contributed by atoms with E-state index in [4.69, 9.17) is 5.11 Å². The van der Waals surface area contributed by atoms with Crippen LogP contribution in [0.2, 0.25) is 0 Å². The first-order valence-corrected chi connectivity index (χ1v) is 6.31. The lowest BCUT2D eigenvalue weighted by molar-refractivity contribution is 0.281. The van der Waals surface area contributed by atoms with Crippen molar-refractivity contribution in [2.45, 2.75) is 11.5 Å². The predicted molar refractivity (Wildman–Crippen MR) is 61.8 cm³/mol. The van der Waals surface area contributed by atoms with Crippen molar-refractivity contribution in [2.75, 3.05) is 4.72 Å². The van der Waals surface area contributed by atoms with Crippen LogP contribution < -0.4 is 4.72 Å². The van der Waals surface area contributed by atoms with Crippen molar-refractivity contribution in [2.24, 2.45) is 0 Å². The molecule has 0 bridgehead atoms. The zero-order valence-electron chi connectivity index (χ0n) is 8.79. The van der Waals surface area contributed by atoms with Crippen molar-refractivity contribution in [1.29, 1.82) is 0 Å². The number of hydrogen-bond donors (Lipinski definition) is 3. The molecule has 0 spiro atoms. The SMILES string of the molecule is O=S(=O)(Nc1cn[nH]c1)c1cccc(CO)c1. The highest BCUT2D eigenvalue weighted by Crippen LogP contribution is 2.15. The molecule has 0 aliphatic rings. The average molecular weight is 253 g/mol. The lowest BCUT2D eigenvalue weighted by atomic mass is 10.2. The Kier molecular flexibility index (Phi) is 3.12. The van der Waals surface area contributed by atoms with Gasteiger partial charge in [-0.25, -0.2) is 8.42 Å². The van der Waals surface area contributed by atoms with Gasteiger partial charge < -0.3 is 5.11 Å². The van der Waals surface area contributed by atoms with Crippen LogP contribution in [0.15, 0.2) is 41.6 Å².